The van der Waals surface area contributed by atoms with Crippen molar-refractivity contribution >= 4 is 39.1 Å². The van der Waals surface area contributed by atoms with Gasteiger partial charge in [-0.25, -0.2) is 12.8 Å². The van der Waals surface area contributed by atoms with Gasteiger partial charge < -0.3 is 10.2 Å². The number of nitrogens with one attached hydrogen (secondary N) is 1. The van der Waals surface area contributed by atoms with Crippen LogP contribution in [0.5, 0.6) is 0 Å². The molecule has 180 valence electrons. The van der Waals surface area contributed by atoms with E-state index in [0.29, 0.717) is 16.1 Å². The second kappa shape index (κ2) is 11.0. The molecule has 0 spiro atoms. The zero-order chi connectivity index (χ0) is 24.9. The molecule has 7 nitrogen and oxygen atoms in total. The third kappa shape index (κ3) is 7.43. The Labute approximate surface area is 199 Å². The van der Waals surface area contributed by atoms with Crippen LogP contribution in [0.15, 0.2) is 42.5 Å². The molecule has 0 saturated heterocycles. The lowest BCUT2D eigenvalue weighted by atomic mass is 10.1. The van der Waals surface area contributed by atoms with Crippen molar-refractivity contribution < 1.29 is 22.4 Å². The molecule has 0 aliphatic carbocycles. The predicted octanol–water partition coefficient (Wildman–Crippen LogP) is 3.50. The van der Waals surface area contributed by atoms with E-state index in [1.54, 1.807) is 39.8 Å². The van der Waals surface area contributed by atoms with E-state index in [9.17, 15) is 22.4 Å². The van der Waals surface area contributed by atoms with Gasteiger partial charge in [0.05, 0.1) is 11.9 Å². The molecule has 2 amide bonds. The smallest absolute Gasteiger partial charge is 0.244 e. The molecule has 1 unspecified atom stereocenters. The highest BCUT2D eigenvalue weighted by Gasteiger charge is 2.30. The fraction of sp³-hybridized carbons (Fsp3) is 0.391. The summed E-state index contributed by atoms with van der Waals surface area (Å²) >= 11 is 6.07. The number of sulfonamides is 1. The van der Waals surface area contributed by atoms with E-state index in [-0.39, 0.29) is 24.2 Å². The molecule has 1 N–H and O–H groups in total. The highest BCUT2D eigenvalue weighted by atomic mass is 35.5. The molecule has 0 radical (unpaired) electrons. The van der Waals surface area contributed by atoms with Crippen LogP contribution in [-0.2, 0) is 26.2 Å². The van der Waals surface area contributed by atoms with Crippen LogP contribution < -0.4 is 9.62 Å². The Morgan fingerprint density at radius 3 is 2.24 bits per heavy atom. The van der Waals surface area contributed by atoms with Crippen LogP contribution in [0, 0.1) is 12.7 Å². The number of hydrogen-bond donors (Lipinski definition) is 1. The first-order valence-electron chi connectivity index (χ1n) is 10.4. The number of hydrogen-bond acceptors (Lipinski definition) is 4. The average Bonchev–Trinajstić information content (AvgIpc) is 2.71. The van der Waals surface area contributed by atoms with Gasteiger partial charge in [0.25, 0.3) is 0 Å². The Bertz CT molecular complexity index is 1110. The number of amides is 2. The van der Waals surface area contributed by atoms with Gasteiger partial charge in [-0.15, -0.1) is 0 Å². The molecule has 1 atom stereocenters. The second-order valence-corrected chi connectivity index (χ2v) is 10.5. The highest BCUT2D eigenvalue weighted by Crippen LogP contribution is 2.26. The van der Waals surface area contributed by atoms with Crippen molar-refractivity contribution in [3.63, 3.8) is 0 Å². The maximum Gasteiger partial charge on any atom is 0.244 e. The summed E-state index contributed by atoms with van der Waals surface area (Å²) in [4.78, 5) is 27.4. The van der Waals surface area contributed by atoms with E-state index < -0.39 is 34.3 Å². The number of anilines is 1. The Kier molecular flexibility index (Phi) is 8.85. The summed E-state index contributed by atoms with van der Waals surface area (Å²) in [6.45, 7) is 6.34. The van der Waals surface area contributed by atoms with Gasteiger partial charge in [-0.3, -0.25) is 13.9 Å². The number of rotatable bonds is 9. The third-order valence-corrected chi connectivity index (χ3v) is 6.35. The van der Waals surface area contributed by atoms with Crippen molar-refractivity contribution in [3.8, 4) is 0 Å². The van der Waals surface area contributed by atoms with Gasteiger partial charge in [0.15, 0.2) is 0 Å². The van der Waals surface area contributed by atoms with Gasteiger partial charge in [0.1, 0.15) is 18.4 Å². The first-order chi connectivity index (χ1) is 15.3. The SMILES string of the molecule is Cc1ccc(Cl)cc1N(CC(=O)N(Cc1ccc(F)cc1)C(C)C(=O)NC(C)C)S(C)(=O)=O. The molecule has 10 heteroatoms. The molecule has 0 aliphatic rings. The number of benzene rings is 2. The fourth-order valence-electron chi connectivity index (χ4n) is 3.22. The minimum Gasteiger partial charge on any atom is -0.352 e. The van der Waals surface area contributed by atoms with Gasteiger partial charge in [0, 0.05) is 17.6 Å². The standard InChI is InChI=1S/C23H29ClFN3O4S/c1-15(2)26-23(30)17(4)27(13-18-7-10-20(25)11-8-18)22(29)14-28(33(5,31)32)21-12-19(24)9-6-16(21)3/h6-12,15,17H,13-14H2,1-5H3,(H,26,30). The normalized spacial score (nSPS) is 12.4. The maximum atomic E-state index is 13.4. The highest BCUT2D eigenvalue weighted by molar-refractivity contribution is 7.92. The van der Waals surface area contributed by atoms with Gasteiger partial charge in [-0.05, 0) is 63.1 Å². The van der Waals surface area contributed by atoms with Crippen LogP contribution in [0.25, 0.3) is 0 Å². The van der Waals surface area contributed by atoms with Gasteiger partial charge in [0.2, 0.25) is 21.8 Å². The van der Waals surface area contributed by atoms with Crippen molar-refractivity contribution in [1.29, 1.82) is 0 Å². The summed E-state index contributed by atoms with van der Waals surface area (Å²) in [6, 6.07) is 9.26. The van der Waals surface area contributed by atoms with E-state index in [0.717, 1.165) is 10.6 Å². The number of nitrogens with zero attached hydrogens (tertiary/aromatic N) is 2. The number of halogens is 2. The van der Waals surface area contributed by atoms with Crippen LogP contribution in [0.1, 0.15) is 31.9 Å². The molecule has 0 bridgehead atoms. The molecule has 0 aromatic heterocycles. The minimum atomic E-state index is -3.85. The first-order valence-corrected chi connectivity index (χ1v) is 12.6. The van der Waals surface area contributed by atoms with Crippen molar-refractivity contribution in [1.82, 2.24) is 10.2 Å². The molecule has 2 rings (SSSR count). The first kappa shape index (κ1) is 26.6. The van der Waals surface area contributed by atoms with Crippen molar-refractivity contribution in [2.45, 2.75) is 46.3 Å². The topological polar surface area (TPSA) is 86.8 Å². The monoisotopic (exact) mass is 497 g/mol. The Balaban J connectivity index is 2.42. The summed E-state index contributed by atoms with van der Waals surface area (Å²) in [5.41, 5.74) is 1.49. The van der Waals surface area contributed by atoms with E-state index in [4.69, 9.17) is 11.6 Å². The van der Waals surface area contributed by atoms with Crippen LogP contribution in [-0.4, -0.2) is 50.0 Å². The minimum absolute atomic E-state index is 0.00206. The number of aryl methyl sites for hydroxylation is 1. The molecule has 2 aromatic rings. The van der Waals surface area contributed by atoms with Crippen molar-refractivity contribution in [3.05, 3.63) is 64.4 Å². The quantitative estimate of drug-likeness (QED) is 0.574. The maximum absolute atomic E-state index is 13.4. The second-order valence-electron chi connectivity index (χ2n) is 8.19. The van der Waals surface area contributed by atoms with Crippen LogP contribution in [0.4, 0.5) is 10.1 Å². The van der Waals surface area contributed by atoms with E-state index in [1.165, 1.54) is 35.2 Å². The molecule has 0 fully saturated rings. The zero-order valence-electron chi connectivity index (χ0n) is 19.3. The Morgan fingerprint density at radius 2 is 1.70 bits per heavy atom. The van der Waals surface area contributed by atoms with Gasteiger partial charge in [-0.2, -0.15) is 0 Å². The van der Waals surface area contributed by atoms with Crippen LogP contribution in [0.3, 0.4) is 0 Å². The molecular formula is C23H29ClFN3O4S. The van der Waals surface area contributed by atoms with Gasteiger partial charge >= 0.3 is 0 Å². The van der Waals surface area contributed by atoms with Crippen LogP contribution >= 0.6 is 11.6 Å². The number of carbonyl (C=O) groups is 2. The molecular weight excluding hydrogens is 469 g/mol. The van der Waals surface area contributed by atoms with Crippen LogP contribution in [0.2, 0.25) is 5.02 Å². The predicted molar refractivity (Wildman–Crippen MR) is 128 cm³/mol. The number of carbonyl (C=O) groups excluding carboxylic acids is 2. The largest absolute Gasteiger partial charge is 0.352 e. The summed E-state index contributed by atoms with van der Waals surface area (Å²) in [5.74, 6) is -1.40. The lowest BCUT2D eigenvalue weighted by Crippen LogP contribution is -2.52. The van der Waals surface area contributed by atoms with E-state index >= 15 is 0 Å². The summed E-state index contributed by atoms with van der Waals surface area (Å²) in [5, 5.41) is 3.09. The van der Waals surface area contributed by atoms with Gasteiger partial charge in [-0.1, -0.05) is 29.8 Å². The molecule has 0 heterocycles. The summed E-state index contributed by atoms with van der Waals surface area (Å²) in [7, 11) is -3.85. The summed E-state index contributed by atoms with van der Waals surface area (Å²) in [6.07, 6.45) is 1.000. The molecule has 0 saturated carbocycles. The lowest BCUT2D eigenvalue weighted by Gasteiger charge is -2.32. The molecule has 2 aromatic carbocycles. The Hall–Kier alpha value is -2.65. The average molecular weight is 498 g/mol. The molecule has 33 heavy (non-hydrogen) atoms. The van der Waals surface area contributed by atoms with Crippen molar-refractivity contribution in [2.75, 3.05) is 17.1 Å². The lowest BCUT2D eigenvalue weighted by molar-refractivity contribution is -0.139. The Morgan fingerprint density at radius 1 is 1.09 bits per heavy atom. The summed E-state index contributed by atoms with van der Waals surface area (Å²) < 4.78 is 39.5. The van der Waals surface area contributed by atoms with E-state index in [1.807, 2.05) is 0 Å². The zero-order valence-corrected chi connectivity index (χ0v) is 20.9. The fourth-order valence-corrected chi connectivity index (χ4v) is 4.29. The third-order valence-electron chi connectivity index (χ3n) is 4.98. The van der Waals surface area contributed by atoms with Crippen molar-refractivity contribution in [2.24, 2.45) is 0 Å². The van der Waals surface area contributed by atoms with E-state index in [2.05, 4.69) is 5.32 Å². The molecule has 0 aliphatic heterocycles.